The van der Waals surface area contributed by atoms with Crippen LogP contribution in [0.25, 0.3) is 0 Å². The van der Waals surface area contributed by atoms with E-state index in [-0.39, 0.29) is 6.54 Å². The van der Waals surface area contributed by atoms with Gasteiger partial charge < -0.3 is 4.74 Å². The monoisotopic (exact) mass is 393 g/mol. The Balaban J connectivity index is 2.03. The Bertz CT molecular complexity index is 886. The van der Waals surface area contributed by atoms with E-state index >= 15 is 0 Å². The molecule has 3 aromatic rings. The standard InChI is InChI=1S/C23H24NO3P/c1-27-23(25)19-24(18-17-20-11-5-2-6-12-20)28(26,21-13-7-3-8-14-21)22-15-9-4-10-16-22/h2-16H,17-19H2,1H3. The summed E-state index contributed by atoms with van der Waals surface area (Å²) in [6.45, 7) is 0.435. The number of benzene rings is 3. The number of carbonyl (C=O) groups excluding carboxylic acids is 1. The molecule has 5 heteroatoms. The molecule has 0 heterocycles. The average Bonchev–Trinajstić information content (AvgIpc) is 2.77. The first-order valence-corrected chi connectivity index (χ1v) is 10.9. The molecule has 3 rings (SSSR count). The summed E-state index contributed by atoms with van der Waals surface area (Å²) in [4.78, 5) is 12.2. The van der Waals surface area contributed by atoms with Crippen molar-refractivity contribution in [2.24, 2.45) is 0 Å². The van der Waals surface area contributed by atoms with Crippen molar-refractivity contribution in [2.75, 3.05) is 20.2 Å². The SMILES string of the molecule is COC(=O)CN(CCc1ccccc1)P(=O)(c1ccccc1)c1ccccc1. The van der Waals surface area contributed by atoms with E-state index in [1.54, 1.807) is 4.67 Å². The molecule has 0 atom stereocenters. The van der Waals surface area contributed by atoms with Gasteiger partial charge in [0.25, 0.3) is 0 Å². The molecule has 0 aliphatic carbocycles. The maximum Gasteiger partial charge on any atom is 0.320 e. The molecule has 0 saturated carbocycles. The summed E-state index contributed by atoms with van der Waals surface area (Å²) in [6, 6.07) is 28.7. The van der Waals surface area contributed by atoms with Gasteiger partial charge in [-0.25, -0.2) is 4.67 Å². The molecule has 0 aromatic heterocycles. The third-order valence-corrected chi connectivity index (χ3v) is 7.79. The van der Waals surface area contributed by atoms with Crippen LogP contribution in [0.1, 0.15) is 5.56 Å². The van der Waals surface area contributed by atoms with Gasteiger partial charge in [0.2, 0.25) is 7.29 Å². The van der Waals surface area contributed by atoms with Gasteiger partial charge in [0.15, 0.2) is 0 Å². The summed E-state index contributed by atoms with van der Waals surface area (Å²) in [6.07, 6.45) is 0.682. The first-order valence-electron chi connectivity index (χ1n) is 9.22. The zero-order chi connectivity index (χ0) is 19.8. The van der Waals surface area contributed by atoms with Crippen molar-refractivity contribution in [1.29, 1.82) is 0 Å². The molecule has 0 aliphatic heterocycles. The number of nitrogens with zero attached hydrogens (tertiary/aromatic N) is 1. The lowest BCUT2D eigenvalue weighted by atomic mass is 10.1. The lowest BCUT2D eigenvalue weighted by Crippen LogP contribution is -2.37. The predicted molar refractivity (Wildman–Crippen MR) is 113 cm³/mol. The molecule has 144 valence electrons. The minimum atomic E-state index is -3.21. The highest BCUT2D eigenvalue weighted by Gasteiger charge is 2.35. The van der Waals surface area contributed by atoms with E-state index in [1.165, 1.54) is 7.11 Å². The van der Waals surface area contributed by atoms with Gasteiger partial charge in [0.05, 0.1) is 7.11 Å². The number of hydrogen-bond donors (Lipinski definition) is 0. The average molecular weight is 393 g/mol. The molecule has 4 nitrogen and oxygen atoms in total. The maximum absolute atomic E-state index is 14.5. The second-order valence-electron chi connectivity index (χ2n) is 6.45. The van der Waals surface area contributed by atoms with Crippen LogP contribution in [0.3, 0.4) is 0 Å². The summed E-state index contributed by atoms with van der Waals surface area (Å²) in [5, 5.41) is 1.41. The van der Waals surface area contributed by atoms with Crippen molar-refractivity contribution in [2.45, 2.75) is 6.42 Å². The molecule has 0 bridgehead atoms. The number of esters is 1. The summed E-state index contributed by atoms with van der Waals surface area (Å²) < 4.78 is 21.2. The van der Waals surface area contributed by atoms with Crippen LogP contribution in [-0.2, 0) is 20.5 Å². The topological polar surface area (TPSA) is 46.6 Å². The lowest BCUT2D eigenvalue weighted by Gasteiger charge is -2.31. The third kappa shape index (κ3) is 4.59. The molecule has 3 aromatic carbocycles. The van der Waals surface area contributed by atoms with Crippen molar-refractivity contribution >= 4 is 23.9 Å². The highest BCUT2D eigenvalue weighted by atomic mass is 31.2. The molecule has 0 aliphatic rings. The Morgan fingerprint density at radius 2 is 1.29 bits per heavy atom. The summed E-state index contributed by atoms with van der Waals surface area (Å²) in [7, 11) is -1.85. The largest absolute Gasteiger partial charge is 0.468 e. The van der Waals surface area contributed by atoms with Gasteiger partial charge in [-0.3, -0.25) is 9.36 Å². The molecular formula is C23H24NO3P. The van der Waals surface area contributed by atoms with Crippen molar-refractivity contribution < 1.29 is 14.1 Å². The fourth-order valence-electron chi connectivity index (χ4n) is 3.17. The zero-order valence-electron chi connectivity index (χ0n) is 15.9. The number of hydrogen-bond acceptors (Lipinski definition) is 3. The quantitative estimate of drug-likeness (QED) is 0.433. The minimum Gasteiger partial charge on any atom is -0.468 e. The molecule has 0 radical (unpaired) electrons. The van der Waals surface area contributed by atoms with Crippen molar-refractivity contribution in [3.8, 4) is 0 Å². The third-order valence-electron chi connectivity index (χ3n) is 4.65. The first kappa shape index (κ1) is 20.1. The Morgan fingerprint density at radius 1 is 0.821 bits per heavy atom. The fraction of sp³-hybridized carbons (Fsp3) is 0.174. The smallest absolute Gasteiger partial charge is 0.320 e. The molecule has 0 amide bonds. The zero-order valence-corrected chi connectivity index (χ0v) is 16.8. The second kappa shape index (κ2) is 9.50. The van der Waals surface area contributed by atoms with Crippen LogP contribution in [-0.4, -0.2) is 30.8 Å². The molecule has 0 fully saturated rings. The van der Waals surface area contributed by atoms with Gasteiger partial charge in [-0.15, -0.1) is 0 Å². The van der Waals surface area contributed by atoms with Gasteiger partial charge >= 0.3 is 5.97 Å². The van der Waals surface area contributed by atoms with E-state index in [2.05, 4.69) is 0 Å². The number of methoxy groups -OCH3 is 1. The van der Waals surface area contributed by atoms with Crippen LogP contribution in [0, 0.1) is 0 Å². The highest BCUT2D eigenvalue weighted by Crippen LogP contribution is 2.47. The van der Waals surface area contributed by atoms with Crippen molar-refractivity contribution in [3.63, 3.8) is 0 Å². The Morgan fingerprint density at radius 3 is 1.75 bits per heavy atom. The lowest BCUT2D eigenvalue weighted by molar-refractivity contribution is -0.140. The molecule has 0 spiro atoms. The van der Waals surface area contributed by atoms with Crippen molar-refractivity contribution in [1.82, 2.24) is 4.67 Å². The normalized spacial score (nSPS) is 11.4. The van der Waals surface area contributed by atoms with Crippen molar-refractivity contribution in [3.05, 3.63) is 96.6 Å². The van der Waals surface area contributed by atoms with E-state index in [0.717, 1.165) is 5.56 Å². The van der Waals surface area contributed by atoms with Crippen LogP contribution < -0.4 is 10.6 Å². The Labute approximate surface area is 166 Å². The van der Waals surface area contributed by atoms with Crippen LogP contribution >= 0.6 is 7.29 Å². The van der Waals surface area contributed by atoms with Gasteiger partial charge in [-0.2, -0.15) is 0 Å². The van der Waals surface area contributed by atoms with E-state index in [4.69, 9.17) is 4.74 Å². The van der Waals surface area contributed by atoms with Crippen LogP contribution in [0.2, 0.25) is 0 Å². The molecule has 0 unspecified atom stereocenters. The summed E-state index contributed by atoms with van der Waals surface area (Å²) in [5.74, 6) is -0.403. The van der Waals surface area contributed by atoms with Gasteiger partial charge in [0, 0.05) is 17.2 Å². The van der Waals surface area contributed by atoms with E-state index < -0.39 is 13.3 Å². The van der Waals surface area contributed by atoms with Crippen LogP contribution in [0.4, 0.5) is 0 Å². The van der Waals surface area contributed by atoms with E-state index in [1.807, 2.05) is 91.0 Å². The van der Waals surface area contributed by atoms with E-state index in [9.17, 15) is 9.36 Å². The first-order chi connectivity index (χ1) is 13.6. The second-order valence-corrected chi connectivity index (χ2v) is 9.20. The summed E-state index contributed by atoms with van der Waals surface area (Å²) >= 11 is 0. The van der Waals surface area contributed by atoms with Gasteiger partial charge in [0.1, 0.15) is 6.54 Å². The van der Waals surface area contributed by atoms with Gasteiger partial charge in [-0.05, 0) is 36.2 Å². The minimum absolute atomic E-state index is 0.0373. The summed E-state index contributed by atoms with van der Waals surface area (Å²) in [5.41, 5.74) is 1.13. The van der Waals surface area contributed by atoms with Gasteiger partial charge in [-0.1, -0.05) is 66.7 Å². The molecule has 0 N–H and O–H groups in total. The van der Waals surface area contributed by atoms with E-state index in [0.29, 0.717) is 23.6 Å². The van der Waals surface area contributed by atoms with Crippen LogP contribution in [0.15, 0.2) is 91.0 Å². The highest BCUT2D eigenvalue weighted by molar-refractivity contribution is 7.76. The number of ether oxygens (including phenoxy) is 1. The Hall–Kier alpha value is -2.68. The molecule has 0 saturated heterocycles. The maximum atomic E-state index is 14.5. The van der Waals surface area contributed by atoms with Crippen LogP contribution in [0.5, 0.6) is 0 Å². The number of carbonyl (C=O) groups is 1. The fourth-order valence-corrected chi connectivity index (χ4v) is 5.97. The molecular weight excluding hydrogens is 369 g/mol. The predicted octanol–water partition coefficient (Wildman–Crippen LogP) is 3.63. The number of rotatable bonds is 8. The molecule has 28 heavy (non-hydrogen) atoms. The Kier molecular flexibility index (Phi) is 6.80.